The van der Waals surface area contributed by atoms with Gasteiger partial charge in [-0.05, 0) is 30.5 Å². The Bertz CT molecular complexity index is 635. The zero-order chi connectivity index (χ0) is 17.2. The lowest BCUT2D eigenvalue weighted by molar-refractivity contribution is -0.168. The Morgan fingerprint density at radius 3 is 2.71 bits per heavy atom. The molecule has 2 bridgehead atoms. The van der Waals surface area contributed by atoms with E-state index in [2.05, 4.69) is 16.9 Å². The van der Waals surface area contributed by atoms with E-state index in [0.29, 0.717) is 17.4 Å². The van der Waals surface area contributed by atoms with Gasteiger partial charge in [0.25, 0.3) is 0 Å². The van der Waals surface area contributed by atoms with Crippen molar-refractivity contribution < 1.29 is 9.53 Å². The number of terminal acetylenes is 1. The van der Waals surface area contributed by atoms with Gasteiger partial charge in [-0.25, -0.2) is 0 Å². The number of ether oxygens (including phenoxy) is 1. The van der Waals surface area contributed by atoms with Crippen molar-refractivity contribution in [2.75, 3.05) is 26.7 Å². The molecule has 1 amide bonds. The van der Waals surface area contributed by atoms with Crippen LogP contribution in [0.15, 0.2) is 24.3 Å². The molecule has 4 nitrogen and oxygen atoms in total. The predicted molar refractivity (Wildman–Crippen MR) is 94.4 cm³/mol. The molecule has 128 valence electrons. The number of fused-ring (bicyclic) bond motifs is 2. The first-order valence-electron chi connectivity index (χ1n) is 8.73. The van der Waals surface area contributed by atoms with E-state index in [1.807, 2.05) is 12.1 Å². The summed E-state index contributed by atoms with van der Waals surface area (Å²) in [5.41, 5.74) is 6.80. The van der Waals surface area contributed by atoms with Crippen molar-refractivity contribution >= 4 is 5.91 Å². The maximum absolute atomic E-state index is 11.6. The Morgan fingerprint density at radius 1 is 1.42 bits per heavy atom. The van der Waals surface area contributed by atoms with Gasteiger partial charge >= 0.3 is 0 Å². The summed E-state index contributed by atoms with van der Waals surface area (Å²) in [5.74, 6) is 3.18. The van der Waals surface area contributed by atoms with Gasteiger partial charge in [-0.2, -0.15) is 0 Å². The second kappa shape index (κ2) is 6.96. The van der Waals surface area contributed by atoms with Gasteiger partial charge in [-0.1, -0.05) is 18.6 Å². The number of likely N-dealkylation sites (tertiary alicyclic amines) is 1. The van der Waals surface area contributed by atoms with Crippen molar-refractivity contribution in [3.05, 3.63) is 35.4 Å². The molecule has 1 aromatic carbocycles. The molecule has 1 aromatic rings. The molecule has 0 unspecified atom stereocenters. The van der Waals surface area contributed by atoms with Gasteiger partial charge in [0.1, 0.15) is 5.60 Å². The average molecular weight is 326 g/mol. The number of amides is 1. The minimum absolute atomic E-state index is 0.323. The molecule has 1 saturated heterocycles. The second-order valence-corrected chi connectivity index (χ2v) is 6.98. The van der Waals surface area contributed by atoms with E-state index in [4.69, 9.17) is 16.9 Å². The van der Waals surface area contributed by atoms with E-state index >= 15 is 0 Å². The van der Waals surface area contributed by atoms with Crippen molar-refractivity contribution in [2.45, 2.75) is 31.3 Å². The average Bonchev–Trinajstić information content (AvgIpc) is 2.59. The number of primary amides is 1. The van der Waals surface area contributed by atoms with E-state index in [-0.39, 0.29) is 11.5 Å². The molecule has 1 aliphatic carbocycles. The highest BCUT2D eigenvalue weighted by molar-refractivity contribution is 5.92. The monoisotopic (exact) mass is 326 g/mol. The minimum Gasteiger partial charge on any atom is -0.373 e. The number of hydrogen-bond donors (Lipinski definition) is 1. The van der Waals surface area contributed by atoms with Gasteiger partial charge in [0.15, 0.2) is 0 Å². The van der Waals surface area contributed by atoms with Gasteiger partial charge in [0.05, 0.1) is 0 Å². The molecule has 0 spiro atoms. The molecule has 2 N–H and O–H groups in total. The Labute approximate surface area is 144 Å². The van der Waals surface area contributed by atoms with Crippen molar-refractivity contribution in [3.8, 4) is 12.3 Å². The highest BCUT2D eigenvalue weighted by atomic mass is 16.5. The molecule has 1 aliphatic heterocycles. The van der Waals surface area contributed by atoms with Crippen molar-refractivity contribution in [1.82, 2.24) is 4.90 Å². The number of carbonyl (C=O) groups excluding carboxylic acids is 1. The molecule has 24 heavy (non-hydrogen) atoms. The number of methoxy groups -OCH3 is 1. The number of piperidine rings is 1. The Balaban J connectivity index is 1.96. The molecule has 3 atom stereocenters. The van der Waals surface area contributed by atoms with Crippen LogP contribution in [0, 0.1) is 24.2 Å². The third kappa shape index (κ3) is 2.83. The fourth-order valence-corrected chi connectivity index (χ4v) is 4.77. The molecule has 0 aromatic heterocycles. The van der Waals surface area contributed by atoms with Gasteiger partial charge in [0, 0.05) is 50.6 Å². The fourth-order valence-electron chi connectivity index (χ4n) is 4.77. The lowest BCUT2D eigenvalue weighted by Gasteiger charge is -2.55. The van der Waals surface area contributed by atoms with Crippen molar-refractivity contribution in [3.63, 3.8) is 0 Å². The molecule has 1 saturated carbocycles. The maximum atomic E-state index is 11.6. The lowest BCUT2D eigenvalue weighted by atomic mass is 9.62. The summed E-state index contributed by atoms with van der Waals surface area (Å²) in [6, 6.07) is 7.69. The fraction of sp³-hybridized carbons (Fsp3) is 0.550. The smallest absolute Gasteiger partial charge is 0.248 e. The molecular formula is C20H26N2O2. The zero-order valence-electron chi connectivity index (χ0n) is 14.3. The number of carbonyl (C=O) groups is 1. The van der Waals surface area contributed by atoms with Crippen molar-refractivity contribution in [1.29, 1.82) is 0 Å². The third-order valence-electron chi connectivity index (χ3n) is 5.78. The third-order valence-corrected chi connectivity index (χ3v) is 5.78. The number of nitrogens with two attached hydrogens (primary N) is 1. The summed E-state index contributed by atoms with van der Waals surface area (Å²) in [6.07, 6.45) is 9.73. The van der Waals surface area contributed by atoms with E-state index < -0.39 is 0 Å². The summed E-state index contributed by atoms with van der Waals surface area (Å²) in [7, 11) is 1.80. The van der Waals surface area contributed by atoms with Gasteiger partial charge in [0.2, 0.25) is 5.91 Å². The van der Waals surface area contributed by atoms with E-state index in [9.17, 15) is 4.79 Å². The highest BCUT2D eigenvalue weighted by Gasteiger charge is 2.53. The van der Waals surface area contributed by atoms with E-state index in [1.54, 1.807) is 13.2 Å². The number of hydrogen-bond acceptors (Lipinski definition) is 3. The van der Waals surface area contributed by atoms with Crippen LogP contribution in [-0.4, -0.2) is 37.6 Å². The topological polar surface area (TPSA) is 55.6 Å². The quantitative estimate of drug-likeness (QED) is 0.845. The van der Waals surface area contributed by atoms with Crippen LogP contribution >= 0.6 is 0 Å². The minimum atomic E-state index is -0.389. The maximum Gasteiger partial charge on any atom is 0.248 e. The summed E-state index contributed by atoms with van der Waals surface area (Å²) in [4.78, 5) is 14.1. The van der Waals surface area contributed by atoms with Crippen molar-refractivity contribution in [2.24, 2.45) is 17.6 Å². The number of rotatable bonds is 5. The number of benzene rings is 1. The van der Waals surface area contributed by atoms with E-state index in [1.165, 1.54) is 6.42 Å². The molecule has 2 fully saturated rings. The Morgan fingerprint density at radius 2 is 2.12 bits per heavy atom. The Hall–Kier alpha value is -1.83. The molecular weight excluding hydrogens is 300 g/mol. The second-order valence-electron chi connectivity index (χ2n) is 6.98. The highest BCUT2D eigenvalue weighted by Crippen LogP contribution is 2.51. The van der Waals surface area contributed by atoms with Crippen LogP contribution in [0.2, 0.25) is 0 Å². The largest absolute Gasteiger partial charge is 0.373 e. The summed E-state index contributed by atoms with van der Waals surface area (Å²) >= 11 is 0. The summed E-state index contributed by atoms with van der Waals surface area (Å²) in [6.45, 7) is 2.93. The lowest BCUT2D eigenvalue weighted by Crippen LogP contribution is -2.59. The first-order valence-corrected chi connectivity index (χ1v) is 8.73. The first kappa shape index (κ1) is 17.0. The molecule has 4 heteroatoms. The molecule has 1 heterocycles. The van der Waals surface area contributed by atoms with Gasteiger partial charge in [-0.3, -0.25) is 4.79 Å². The van der Waals surface area contributed by atoms with Crippen LogP contribution in [0.4, 0.5) is 0 Å². The molecule has 2 aliphatic rings. The van der Waals surface area contributed by atoms with Crippen LogP contribution in [0.1, 0.15) is 41.6 Å². The van der Waals surface area contributed by atoms with Gasteiger partial charge < -0.3 is 15.4 Å². The predicted octanol–water partition coefficient (Wildman–Crippen LogP) is 2.38. The summed E-state index contributed by atoms with van der Waals surface area (Å²) < 4.78 is 6.20. The van der Waals surface area contributed by atoms with Crippen LogP contribution in [-0.2, 0) is 10.3 Å². The van der Waals surface area contributed by atoms with Gasteiger partial charge in [-0.15, -0.1) is 12.3 Å². The Kier molecular flexibility index (Phi) is 4.93. The first-order chi connectivity index (χ1) is 11.6. The molecule has 0 radical (unpaired) electrons. The van der Waals surface area contributed by atoms with Crippen LogP contribution in [0.25, 0.3) is 0 Å². The normalized spacial score (nSPS) is 29.8. The van der Waals surface area contributed by atoms with Crippen LogP contribution in [0.5, 0.6) is 0 Å². The zero-order valence-corrected chi connectivity index (χ0v) is 14.3. The molecule has 3 rings (SSSR count). The summed E-state index contributed by atoms with van der Waals surface area (Å²) in [5, 5.41) is 0. The van der Waals surface area contributed by atoms with Crippen LogP contribution in [0.3, 0.4) is 0 Å². The van der Waals surface area contributed by atoms with Crippen LogP contribution < -0.4 is 5.73 Å². The number of nitrogens with zero attached hydrogens (tertiary/aromatic N) is 1. The standard InChI is InChI=1S/C20H26N2O2/c1-3-4-11-22-13-17-9-6-10-18(14-22)20(17,24-2)16-8-5-7-15(12-16)19(21)23/h1,5,7-8,12,17-18H,4,6,9-11,13-14H2,2H3,(H2,21,23)/t17-,18+,20-. The van der Waals surface area contributed by atoms with E-state index in [0.717, 1.165) is 44.5 Å². The SMILES string of the molecule is C#CCCN1C[C@H]2CCC[C@@H](C1)[C@@]2(OC)c1cccc(C(N)=O)c1.